The Morgan fingerprint density at radius 1 is 1.15 bits per heavy atom. The second-order valence-corrected chi connectivity index (χ2v) is 5.33. The highest BCUT2D eigenvalue weighted by Gasteiger charge is 2.16. The zero-order valence-corrected chi connectivity index (χ0v) is 12.1. The van der Waals surface area contributed by atoms with Gasteiger partial charge in [0.15, 0.2) is 0 Å². The molecular weight excluding hydrogens is 248 g/mol. The first-order valence-electron chi connectivity index (χ1n) is 7.09. The van der Waals surface area contributed by atoms with E-state index in [0.717, 1.165) is 6.42 Å². The third-order valence-corrected chi connectivity index (χ3v) is 3.78. The summed E-state index contributed by atoms with van der Waals surface area (Å²) >= 11 is 0. The number of amides is 1. The average Bonchev–Trinajstić information content (AvgIpc) is 2.46. The number of carbonyl (C=O) groups excluding carboxylic acids is 1. The lowest BCUT2D eigenvalue weighted by atomic mass is 10.0. The van der Waals surface area contributed by atoms with Crippen LogP contribution in [0.2, 0.25) is 0 Å². The van der Waals surface area contributed by atoms with Gasteiger partial charge in [0.05, 0.1) is 0 Å². The Labute approximate surface area is 120 Å². The minimum absolute atomic E-state index is 0.0280. The molecule has 0 aliphatic carbocycles. The number of fused-ring (bicyclic) bond motifs is 1. The molecule has 0 aliphatic heterocycles. The molecule has 2 atom stereocenters. The first-order chi connectivity index (χ1) is 9.59. The fourth-order valence-corrected chi connectivity index (χ4v) is 2.23. The molecule has 0 radical (unpaired) electrons. The summed E-state index contributed by atoms with van der Waals surface area (Å²) in [7, 11) is 0. The van der Waals surface area contributed by atoms with Gasteiger partial charge in [-0.3, -0.25) is 4.79 Å². The van der Waals surface area contributed by atoms with Gasteiger partial charge in [-0.15, -0.1) is 0 Å². The largest absolute Gasteiger partial charge is 0.355 e. The van der Waals surface area contributed by atoms with Crippen LogP contribution < -0.4 is 11.1 Å². The van der Waals surface area contributed by atoms with Gasteiger partial charge >= 0.3 is 0 Å². The van der Waals surface area contributed by atoms with Crippen molar-refractivity contribution >= 4 is 16.7 Å². The highest BCUT2D eigenvalue weighted by atomic mass is 16.1. The molecule has 3 heteroatoms. The average molecular weight is 270 g/mol. The van der Waals surface area contributed by atoms with Crippen molar-refractivity contribution in [3.05, 3.63) is 48.0 Å². The minimum Gasteiger partial charge on any atom is -0.355 e. The summed E-state index contributed by atoms with van der Waals surface area (Å²) < 4.78 is 0. The van der Waals surface area contributed by atoms with Crippen LogP contribution in [-0.2, 0) is 11.2 Å². The molecule has 0 bridgehead atoms. The second kappa shape index (κ2) is 6.53. The van der Waals surface area contributed by atoms with Crippen LogP contribution in [0.3, 0.4) is 0 Å². The molecule has 3 nitrogen and oxygen atoms in total. The summed E-state index contributed by atoms with van der Waals surface area (Å²) in [4.78, 5) is 11.8. The predicted octanol–water partition coefficient (Wildman–Crippen LogP) is 2.48. The van der Waals surface area contributed by atoms with Crippen LogP contribution in [0.25, 0.3) is 10.8 Å². The van der Waals surface area contributed by atoms with Crippen LogP contribution in [0, 0.1) is 5.92 Å². The Kier molecular flexibility index (Phi) is 4.74. The van der Waals surface area contributed by atoms with Crippen molar-refractivity contribution in [2.75, 3.05) is 6.54 Å². The second-order valence-electron chi connectivity index (χ2n) is 5.33. The van der Waals surface area contributed by atoms with Crippen molar-refractivity contribution in [1.29, 1.82) is 0 Å². The van der Waals surface area contributed by atoms with E-state index in [1.807, 2.05) is 26.0 Å². The van der Waals surface area contributed by atoms with E-state index in [4.69, 9.17) is 5.73 Å². The lowest BCUT2D eigenvalue weighted by Gasteiger charge is -2.15. The third kappa shape index (κ3) is 3.36. The maximum atomic E-state index is 11.8. The summed E-state index contributed by atoms with van der Waals surface area (Å²) in [6, 6.07) is 14.5. The molecule has 0 spiro atoms. The SMILES string of the molecule is CC(N)C(C)C(=O)NCCc1cccc2ccccc12. The van der Waals surface area contributed by atoms with Crippen molar-refractivity contribution in [3.8, 4) is 0 Å². The summed E-state index contributed by atoms with van der Waals surface area (Å²) in [6.07, 6.45) is 0.832. The van der Waals surface area contributed by atoms with Gasteiger partial charge in [-0.25, -0.2) is 0 Å². The smallest absolute Gasteiger partial charge is 0.224 e. The van der Waals surface area contributed by atoms with Crippen LogP contribution in [0.15, 0.2) is 42.5 Å². The lowest BCUT2D eigenvalue weighted by molar-refractivity contribution is -0.124. The van der Waals surface area contributed by atoms with Crippen LogP contribution >= 0.6 is 0 Å². The first kappa shape index (κ1) is 14.5. The molecule has 1 amide bonds. The molecule has 0 saturated heterocycles. The fraction of sp³-hybridized carbons (Fsp3) is 0.353. The Morgan fingerprint density at radius 2 is 1.85 bits per heavy atom. The molecule has 2 aromatic rings. The molecule has 0 saturated carbocycles. The molecule has 0 fully saturated rings. The van der Waals surface area contributed by atoms with Gasteiger partial charge < -0.3 is 11.1 Å². The quantitative estimate of drug-likeness (QED) is 0.877. The number of carbonyl (C=O) groups is 1. The third-order valence-electron chi connectivity index (χ3n) is 3.78. The monoisotopic (exact) mass is 270 g/mol. The fourth-order valence-electron chi connectivity index (χ4n) is 2.23. The Morgan fingerprint density at radius 3 is 2.60 bits per heavy atom. The number of nitrogens with one attached hydrogen (secondary N) is 1. The van der Waals surface area contributed by atoms with Gasteiger partial charge in [0, 0.05) is 18.5 Å². The topological polar surface area (TPSA) is 55.1 Å². The standard InChI is InChI=1S/C17H22N2O/c1-12(13(2)18)17(20)19-11-10-15-8-5-7-14-6-3-4-9-16(14)15/h3-9,12-13H,10-11,18H2,1-2H3,(H,19,20). The highest BCUT2D eigenvalue weighted by molar-refractivity contribution is 5.85. The van der Waals surface area contributed by atoms with E-state index in [9.17, 15) is 4.79 Å². The van der Waals surface area contributed by atoms with Crippen LogP contribution in [-0.4, -0.2) is 18.5 Å². The Balaban J connectivity index is 1.98. The Hall–Kier alpha value is -1.87. The molecule has 0 heterocycles. The first-order valence-corrected chi connectivity index (χ1v) is 7.09. The van der Waals surface area contributed by atoms with Gasteiger partial charge in [0.25, 0.3) is 0 Å². The van der Waals surface area contributed by atoms with Crippen molar-refractivity contribution < 1.29 is 4.79 Å². The molecule has 0 aromatic heterocycles. The zero-order valence-electron chi connectivity index (χ0n) is 12.1. The predicted molar refractivity (Wildman–Crippen MR) is 83.5 cm³/mol. The molecule has 2 aromatic carbocycles. The molecule has 0 aliphatic rings. The van der Waals surface area contributed by atoms with E-state index in [1.54, 1.807) is 0 Å². The van der Waals surface area contributed by atoms with Crippen LogP contribution in [0.5, 0.6) is 0 Å². The summed E-state index contributed by atoms with van der Waals surface area (Å²) in [5.41, 5.74) is 6.99. The van der Waals surface area contributed by atoms with Crippen LogP contribution in [0.4, 0.5) is 0 Å². The maximum Gasteiger partial charge on any atom is 0.224 e. The number of benzene rings is 2. The Bertz CT molecular complexity index is 587. The van der Waals surface area contributed by atoms with Crippen molar-refractivity contribution in [3.63, 3.8) is 0 Å². The van der Waals surface area contributed by atoms with E-state index in [1.165, 1.54) is 16.3 Å². The normalized spacial score (nSPS) is 13.9. The number of hydrogen-bond donors (Lipinski definition) is 2. The van der Waals surface area contributed by atoms with Gasteiger partial charge in [0.2, 0.25) is 5.91 Å². The zero-order chi connectivity index (χ0) is 14.5. The highest BCUT2D eigenvalue weighted by Crippen LogP contribution is 2.18. The van der Waals surface area contributed by atoms with Crippen molar-refractivity contribution in [1.82, 2.24) is 5.32 Å². The van der Waals surface area contributed by atoms with E-state index < -0.39 is 0 Å². The van der Waals surface area contributed by atoms with E-state index >= 15 is 0 Å². The lowest BCUT2D eigenvalue weighted by Crippen LogP contribution is -2.39. The van der Waals surface area contributed by atoms with Gasteiger partial charge in [0.1, 0.15) is 0 Å². The maximum absolute atomic E-state index is 11.8. The number of hydrogen-bond acceptors (Lipinski definition) is 2. The van der Waals surface area contributed by atoms with E-state index in [-0.39, 0.29) is 17.9 Å². The number of nitrogens with two attached hydrogens (primary N) is 1. The van der Waals surface area contributed by atoms with Crippen LogP contribution in [0.1, 0.15) is 19.4 Å². The summed E-state index contributed by atoms with van der Waals surface area (Å²) in [5, 5.41) is 5.45. The summed E-state index contributed by atoms with van der Waals surface area (Å²) in [6.45, 7) is 4.36. The van der Waals surface area contributed by atoms with Gasteiger partial charge in [-0.05, 0) is 29.7 Å². The van der Waals surface area contributed by atoms with E-state index in [2.05, 4.69) is 35.6 Å². The molecule has 2 unspecified atom stereocenters. The van der Waals surface area contributed by atoms with E-state index in [0.29, 0.717) is 6.54 Å². The molecule has 2 rings (SSSR count). The van der Waals surface area contributed by atoms with Gasteiger partial charge in [-0.1, -0.05) is 49.4 Å². The molecule has 3 N–H and O–H groups in total. The molecule has 106 valence electrons. The molecular formula is C17H22N2O. The summed E-state index contributed by atoms with van der Waals surface area (Å²) in [5.74, 6) is -0.122. The minimum atomic E-state index is -0.150. The van der Waals surface area contributed by atoms with Crippen molar-refractivity contribution in [2.45, 2.75) is 26.3 Å². The molecule has 20 heavy (non-hydrogen) atoms. The number of rotatable bonds is 5. The van der Waals surface area contributed by atoms with Gasteiger partial charge in [-0.2, -0.15) is 0 Å². The van der Waals surface area contributed by atoms with Crippen molar-refractivity contribution in [2.24, 2.45) is 11.7 Å².